The van der Waals surface area contributed by atoms with E-state index in [0.717, 1.165) is 6.08 Å². The number of carboxylic acid groups (broad SMARTS) is 2. The Morgan fingerprint density at radius 3 is 2.00 bits per heavy atom. The highest BCUT2D eigenvalue weighted by Gasteiger charge is 2.06. The van der Waals surface area contributed by atoms with Gasteiger partial charge >= 0.3 is 11.9 Å². The maximum atomic E-state index is 10.5. The summed E-state index contributed by atoms with van der Waals surface area (Å²) in [5.41, 5.74) is 4.86. The van der Waals surface area contributed by atoms with Crippen molar-refractivity contribution in [1.82, 2.24) is 0 Å². The fraction of sp³-hybridized carbons (Fsp3) is 0. The van der Waals surface area contributed by atoms with Crippen molar-refractivity contribution in [3.8, 4) is 0 Å². The first kappa shape index (κ1) is 10.9. The van der Waals surface area contributed by atoms with E-state index in [1.54, 1.807) is 0 Å². The number of nitrogens with two attached hydrogens (primary N) is 1. The Bertz CT molecular complexity index is 302. The average molecular weight is 185 g/mol. The van der Waals surface area contributed by atoms with E-state index in [9.17, 15) is 14.4 Å². The highest BCUT2D eigenvalue weighted by Crippen LogP contribution is 1.88. The maximum absolute atomic E-state index is 10.5. The summed E-state index contributed by atoms with van der Waals surface area (Å²) in [6.45, 7) is 0. The highest BCUT2D eigenvalue weighted by atomic mass is 16.4. The molecule has 0 aromatic heterocycles. The van der Waals surface area contributed by atoms with E-state index in [1.807, 2.05) is 0 Å². The SMILES string of the molecule is NC(/C=C\C(=O)O)=C\C(=O)C(=O)O. The summed E-state index contributed by atoms with van der Waals surface area (Å²) < 4.78 is 0. The van der Waals surface area contributed by atoms with Gasteiger partial charge in [-0.2, -0.15) is 0 Å². The average Bonchev–Trinajstić information content (AvgIpc) is 2.00. The monoisotopic (exact) mass is 185 g/mol. The smallest absolute Gasteiger partial charge is 0.376 e. The number of aliphatic carboxylic acids is 2. The minimum Gasteiger partial charge on any atom is -0.478 e. The van der Waals surface area contributed by atoms with E-state index in [2.05, 4.69) is 0 Å². The van der Waals surface area contributed by atoms with E-state index >= 15 is 0 Å². The first-order valence-electron chi connectivity index (χ1n) is 3.09. The molecule has 0 aliphatic carbocycles. The standard InChI is InChI=1S/C7H7NO5/c8-4(1-2-6(10)11)3-5(9)7(12)13/h1-3H,8H2,(H,10,11)(H,12,13)/b2-1-,4-3-. The predicted molar refractivity (Wildman–Crippen MR) is 41.7 cm³/mol. The zero-order valence-electron chi connectivity index (χ0n) is 6.43. The number of carbonyl (C=O) groups excluding carboxylic acids is 1. The van der Waals surface area contributed by atoms with Crippen molar-refractivity contribution < 1.29 is 24.6 Å². The Hall–Kier alpha value is -2.11. The van der Waals surface area contributed by atoms with Crippen LogP contribution in [-0.2, 0) is 14.4 Å². The van der Waals surface area contributed by atoms with Crippen LogP contribution in [0, 0.1) is 0 Å². The molecule has 0 saturated heterocycles. The van der Waals surface area contributed by atoms with Crippen LogP contribution in [0.25, 0.3) is 0 Å². The topological polar surface area (TPSA) is 118 Å². The summed E-state index contributed by atoms with van der Waals surface area (Å²) in [7, 11) is 0. The molecule has 0 aliphatic heterocycles. The summed E-state index contributed by atoms with van der Waals surface area (Å²) in [5, 5.41) is 16.3. The molecule has 0 fully saturated rings. The van der Waals surface area contributed by atoms with Crippen LogP contribution in [0.2, 0.25) is 0 Å². The third-order valence-electron chi connectivity index (χ3n) is 0.927. The minimum absolute atomic E-state index is 0.227. The quantitative estimate of drug-likeness (QED) is 0.297. The summed E-state index contributed by atoms with van der Waals surface area (Å²) >= 11 is 0. The predicted octanol–water partition coefficient (Wildman–Crippen LogP) is -0.876. The van der Waals surface area contributed by atoms with E-state index in [0.29, 0.717) is 12.2 Å². The molecule has 70 valence electrons. The number of hydrogen-bond donors (Lipinski definition) is 3. The van der Waals surface area contributed by atoms with Crippen molar-refractivity contribution in [2.24, 2.45) is 5.73 Å². The normalized spacial score (nSPS) is 11.5. The van der Waals surface area contributed by atoms with Gasteiger partial charge in [-0.05, 0) is 6.08 Å². The lowest BCUT2D eigenvalue weighted by atomic mass is 10.3. The lowest BCUT2D eigenvalue weighted by Gasteiger charge is -1.89. The van der Waals surface area contributed by atoms with Crippen LogP contribution < -0.4 is 5.73 Å². The van der Waals surface area contributed by atoms with Crippen LogP contribution in [0.1, 0.15) is 0 Å². The molecule has 0 rings (SSSR count). The molecular formula is C7H7NO5. The number of carboxylic acids is 2. The van der Waals surface area contributed by atoms with E-state index in [1.165, 1.54) is 0 Å². The molecule has 0 spiro atoms. The van der Waals surface area contributed by atoms with Gasteiger partial charge in [0.2, 0.25) is 0 Å². The molecule has 0 heterocycles. The van der Waals surface area contributed by atoms with Crippen LogP contribution in [0.3, 0.4) is 0 Å². The van der Waals surface area contributed by atoms with Gasteiger partial charge in [-0.1, -0.05) is 0 Å². The van der Waals surface area contributed by atoms with Gasteiger partial charge in [0.15, 0.2) is 0 Å². The number of ketones is 1. The molecule has 6 nitrogen and oxygen atoms in total. The van der Waals surface area contributed by atoms with Gasteiger partial charge in [-0.3, -0.25) is 4.79 Å². The molecule has 0 aromatic rings. The number of carbonyl (C=O) groups is 3. The summed E-state index contributed by atoms with van der Waals surface area (Å²) in [6.07, 6.45) is 2.24. The molecule has 0 atom stereocenters. The summed E-state index contributed by atoms with van der Waals surface area (Å²) in [4.78, 5) is 30.4. The molecule has 0 amide bonds. The lowest BCUT2D eigenvalue weighted by Crippen LogP contribution is -2.11. The van der Waals surface area contributed by atoms with Crippen molar-refractivity contribution in [2.45, 2.75) is 0 Å². The van der Waals surface area contributed by atoms with Gasteiger partial charge in [0.25, 0.3) is 5.78 Å². The van der Waals surface area contributed by atoms with Crippen molar-refractivity contribution in [2.75, 3.05) is 0 Å². The van der Waals surface area contributed by atoms with E-state index in [4.69, 9.17) is 15.9 Å². The van der Waals surface area contributed by atoms with Crippen LogP contribution in [0.4, 0.5) is 0 Å². The molecule has 6 heteroatoms. The number of allylic oxidation sites excluding steroid dienone is 1. The van der Waals surface area contributed by atoms with Crippen LogP contribution in [-0.4, -0.2) is 27.9 Å². The zero-order chi connectivity index (χ0) is 10.4. The van der Waals surface area contributed by atoms with E-state index < -0.39 is 17.7 Å². The third-order valence-corrected chi connectivity index (χ3v) is 0.927. The van der Waals surface area contributed by atoms with E-state index in [-0.39, 0.29) is 5.70 Å². The van der Waals surface area contributed by atoms with Gasteiger partial charge in [0, 0.05) is 17.8 Å². The second-order valence-corrected chi connectivity index (χ2v) is 1.99. The van der Waals surface area contributed by atoms with Crippen molar-refractivity contribution in [3.63, 3.8) is 0 Å². The summed E-state index contributed by atoms with van der Waals surface area (Å²) in [5.74, 6) is -4.08. The second-order valence-electron chi connectivity index (χ2n) is 1.99. The van der Waals surface area contributed by atoms with Crippen LogP contribution in [0.5, 0.6) is 0 Å². The van der Waals surface area contributed by atoms with Crippen LogP contribution >= 0.6 is 0 Å². The Kier molecular flexibility index (Phi) is 3.94. The van der Waals surface area contributed by atoms with Gasteiger partial charge in [-0.25, -0.2) is 9.59 Å². The van der Waals surface area contributed by atoms with Crippen molar-refractivity contribution >= 4 is 17.7 Å². The molecule has 0 unspecified atom stereocenters. The molecular weight excluding hydrogens is 178 g/mol. The largest absolute Gasteiger partial charge is 0.478 e. The highest BCUT2D eigenvalue weighted by molar-refractivity contribution is 6.37. The fourth-order valence-electron chi connectivity index (χ4n) is 0.429. The molecule has 0 aliphatic rings. The van der Waals surface area contributed by atoms with Gasteiger partial charge < -0.3 is 15.9 Å². The van der Waals surface area contributed by atoms with Crippen LogP contribution in [0.15, 0.2) is 23.9 Å². The molecule has 13 heavy (non-hydrogen) atoms. The number of rotatable bonds is 4. The third kappa shape index (κ3) is 5.19. The molecule has 0 saturated carbocycles. The maximum Gasteiger partial charge on any atom is 0.376 e. The summed E-state index contributed by atoms with van der Waals surface area (Å²) in [6, 6.07) is 0. The van der Waals surface area contributed by atoms with Crippen molar-refractivity contribution in [3.05, 3.63) is 23.9 Å². The Morgan fingerprint density at radius 2 is 1.62 bits per heavy atom. The van der Waals surface area contributed by atoms with Gasteiger partial charge in [0.05, 0.1) is 0 Å². The van der Waals surface area contributed by atoms with Gasteiger partial charge in [0.1, 0.15) is 0 Å². The Morgan fingerprint density at radius 1 is 1.08 bits per heavy atom. The Balaban J connectivity index is 4.42. The van der Waals surface area contributed by atoms with Crippen molar-refractivity contribution in [1.29, 1.82) is 0 Å². The second kappa shape index (κ2) is 4.70. The fourth-order valence-corrected chi connectivity index (χ4v) is 0.429. The van der Waals surface area contributed by atoms with Gasteiger partial charge in [-0.15, -0.1) is 0 Å². The molecule has 0 aromatic carbocycles. The Labute approximate surface area is 73.0 Å². The first-order chi connectivity index (χ1) is 5.93. The minimum atomic E-state index is -1.65. The zero-order valence-corrected chi connectivity index (χ0v) is 6.43. The number of hydrogen-bond acceptors (Lipinski definition) is 4. The first-order valence-corrected chi connectivity index (χ1v) is 3.09. The lowest BCUT2D eigenvalue weighted by molar-refractivity contribution is -0.146. The molecule has 4 N–H and O–H groups in total. The molecule has 0 bridgehead atoms. The molecule has 0 radical (unpaired) electrons.